The lowest BCUT2D eigenvalue weighted by Crippen LogP contribution is -2.37. The zero-order valence-electron chi connectivity index (χ0n) is 6.83. The van der Waals surface area contributed by atoms with E-state index in [1.165, 1.54) is 0 Å². The molecule has 0 saturated carbocycles. The van der Waals surface area contributed by atoms with Gasteiger partial charge in [0.15, 0.2) is 0 Å². The smallest absolute Gasteiger partial charge is 0.391 e. The van der Waals surface area contributed by atoms with Crippen molar-refractivity contribution in [1.29, 1.82) is 0 Å². The van der Waals surface area contributed by atoms with E-state index in [1.807, 2.05) is 0 Å². The third kappa shape index (κ3) is 3.76. The lowest BCUT2D eigenvalue weighted by molar-refractivity contribution is 0.111. The Morgan fingerprint density at radius 2 is 2.23 bits per heavy atom. The van der Waals surface area contributed by atoms with Crippen molar-refractivity contribution < 1.29 is 24.0 Å². The van der Waals surface area contributed by atoms with Crippen molar-refractivity contribution in [2.45, 2.75) is 24.5 Å². The van der Waals surface area contributed by atoms with E-state index >= 15 is 0 Å². The van der Waals surface area contributed by atoms with E-state index in [2.05, 4.69) is 9.84 Å². The number of hydrogen-bond donors (Lipinski definition) is 4. The molecule has 0 amide bonds. The van der Waals surface area contributed by atoms with Gasteiger partial charge in [-0.2, -0.15) is 0 Å². The van der Waals surface area contributed by atoms with Crippen LogP contribution in [0.4, 0.5) is 0 Å². The lowest BCUT2D eigenvalue weighted by atomic mass is 9.95. The van der Waals surface area contributed by atoms with Crippen molar-refractivity contribution in [2.75, 3.05) is 6.61 Å². The molecular weight excluding hydrogens is 196 g/mol. The van der Waals surface area contributed by atoms with Gasteiger partial charge in [-0.15, -0.1) is 0 Å². The highest BCUT2D eigenvalue weighted by Crippen LogP contribution is 2.36. The summed E-state index contributed by atoms with van der Waals surface area (Å²) in [6, 6.07) is -0.511. The maximum Gasteiger partial charge on any atom is 0.469 e. The Morgan fingerprint density at radius 3 is 2.62 bits per heavy atom. The molecule has 3 atom stereocenters. The molecule has 13 heavy (non-hydrogen) atoms. The highest BCUT2D eigenvalue weighted by Gasteiger charge is 2.31. The van der Waals surface area contributed by atoms with Gasteiger partial charge in [-0.1, -0.05) is 0 Å². The van der Waals surface area contributed by atoms with Crippen molar-refractivity contribution >= 4 is 15.7 Å². The molecule has 0 bridgehead atoms. The summed E-state index contributed by atoms with van der Waals surface area (Å²) in [5.41, 5.74) is 0. The second kappa shape index (κ2) is 4.08. The van der Waals surface area contributed by atoms with E-state index in [9.17, 15) is 9.67 Å². The average molecular weight is 207 g/mol. The van der Waals surface area contributed by atoms with Crippen LogP contribution in [0.2, 0.25) is 0 Å². The van der Waals surface area contributed by atoms with E-state index in [1.54, 1.807) is 0 Å². The molecule has 2 radical (unpaired) electrons. The summed E-state index contributed by atoms with van der Waals surface area (Å²) in [6.45, 7) is -0.251. The summed E-state index contributed by atoms with van der Waals surface area (Å²) >= 11 is 0. The third-order valence-electron chi connectivity index (χ3n) is 1.81. The normalized spacial score (nSPS) is 35.2. The quantitative estimate of drug-likeness (QED) is 0.325. The van der Waals surface area contributed by atoms with Crippen LogP contribution in [-0.4, -0.2) is 47.4 Å². The summed E-state index contributed by atoms with van der Waals surface area (Å²) in [6.07, 6.45) is -0.364. The van der Waals surface area contributed by atoms with Crippen molar-refractivity contribution in [3.05, 3.63) is 0 Å². The number of hydrogen-bond acceptors (Lipinski definition) is 4. The number of rotatable bonds is 3. The van der Waals surface area contributed by atoms with Gasteiger partial charge in [0, 0.05) is 0 Å². The predicted molar refractivity (Wildman–Crippen MR) is 45.1 cm³/mol. The molecule has 0 spiro atoms. The van der Waals surface area contributed by atoms with Crippen LogP contribution in [0.15, 0.2) is 0 Å². The highest BCUT2D eigenvalue weighted by molar-refractivity contribution is 7.46. The Kier molecular flexibility index (Phi) is 3.51. The molecule has 6 nitrogen and oxygen atoms in total. The zero-order valence-corrected chi connectivity index (χ0v) is 7.72. The minimum absolute atomic E-state index is 0.251. The van der Waals surface area contributed by atoms with Gasteiger partial charge < -0.3 is 20.2 Å². The number of aliphatic hydroxyl groups is 1. The molecule has 1 heterocycles. The minimum Gasteiger partial charge on any atom is -0.391 e. The second-order valence-electron chi connectivity index (χ2n) is 2.97. The average Bonchev–Trinajstić information content (AvgIpc) is 2.24. The van der Waals surface area contributed by atoms with Crippen LogP contribution < -0.4 is 5.32 Å². The Bertz CT molecular complexity index is 221. The first-order valence-corrected chi connectivity index (χ1v) is 5.31. The summed E-state index contributed by atoms with van der Waals surface area (Å²) in [7, 11) is 0.978. The Balaban J connectivity index is 2.34. The molecule has 1 saturated heterocycles. The number of phosphoric ester groups is 1. The zero-order chi connectivity index (χ0) is 10.1. The van der Waals surface area contributed by atoms with Gasteiger partial charge in [-0.05, 0) is 12.4 Å². The SMILES string of the molecule is [B]C1CC(O)C(COP(=O)(O)O)N1. The van der Waals surface area contributed by atoms with Crippen LogP contribution >= 0.6 is 7.82 Å². The molecule has 1 rings (SSSR count). The largest absolute Gasteiger partial charge is 0.469 e. The molecule has 8 heteroatoms. The lowest BCUT2D eigenvalue weighted by Gasteiger charge is -2.15. The van der Waals surface area contributed by atoms with E-state index in [0.29, 0.717) is 6.42 Å². The first kappa shape index (κ1) is 11.2. The first-order chi connectivity index (χ1) is 5.88. The Hall–Kier alpha value is 0.0949. The maximum atomic E-state index is 10.3. The Labute approximate surface area is 76.9 Å². The molecule has 0 aromatic carbocycles. The number of nitrogens with one attached hydrogen (secondary N) is 1. The van der Waals surface area contributed by atoms with Crippen LogP contribution in [0.25, 0.3) is 0 Å². The van der Waals surface area contributed by atoms with Crippen molar-refractivity contribution in [2.24, 2.45) is 0 Å². The van der Waals surface area contributed by atoms with Crippen LogP contribution in [-0.2, 0) is 9.09 Å². The van der Waals surface area contributed by atoms with Gasteiger partial charge >= 0.3 is 7.82 Å². The summed E-state index contributed by atoms with van der Waals surface area (Å²) in [5.74, 6) is -0.347. The van der Waals surface area contributed by atoms with Crippen molar-refractivity contribution in [1.82, 2.24) is 5.32 Å². The van der Waals surface area contributed by atoms with Crippen LogP contribution in [0, 0.1) is 0 Å². The Morgan fingerprint density at radius 1 is 1.62 bits per heavy atom. The van der Waals surface area contributed by atoms with Gasteiger partial charge in [0.1, 0.15) is 0 Å². The first-order valence-electron chi connectivity index (χ1n) is 3.78. The van der Waals surface area contributed by atoms with E-state index < -0.39 is 20.0 Å². The molecule has 1 aliphatic rings. The molecule has 1 aliphatic heterocycles. The molecule has 0 aliphatic carbocycles. The fourth-order valence-electron chi connectivity index (χ4n) is 1.22. The summed E-state index contributed by atoms with van der Waals surface area (Å²) in [5, 5.41) is 12.0. The maximum absolute atomic E-state index is 10.3. The molecule has 1 fully saturated rings. The number of phosphoric acid groups is 1. The molecule has 3 unspecified atom stereocenters. The molecule has 0 aromatic heterocycles. The monoisotopic (exact) mass is 207 g/mol. The second-order valence-corrected chi connectivity index (χ2v) is 4.21. The third-order valence-corrected chi connectivity index (χ3v) is 2.30. The van der Waals surface area contributed by atoms with Gasteiger partial charge in [0.2, 0.25) is 0 Å². The molecule has 0 aromatic rings. The van der Waals surface area contributed by atoms with Crippen molar-refractivity contribution in [3.63, 3.8) is 0 Å². The summed E-state index contributed by atoms with van der Waals surface area (Å²) < 4.78 is 14.5. The fraction of sp³-hybridized carbons (Fsp3) is 1.00. The van der Waals surface area contributed by atoms with E-state index in [4.69, 9.17) is 17.6 Å². The number of aliphatic hydroxyl groups excluding tert-OH is 1. The standard InChI is InChI=1S/C5H11BNO5P/c6-5-1-4(8)3(7-5)2-12-13(9,10)11/h3-5,7-8H,1-2H2,(H2,9,10,11). The fourth-order valence-corrected chi connectivity index (χ4v) is 1.57. The van der Waals surface area contributed by atoms with Gasteiger partial charge in [0.05, 0.1) is 26.6 Å². The highest BCUT2D eigenvalue weighted by atomic mass is 31.2. The van der Waals surface area contributed by atoms with Gasteiger partial charge in [-0.25, -0.2) is 4.57 Å². The molecule has 74 valence electrons. The summed E-state index contributed by atoms with van der Waals surface area (Å²) in [4.78, 5) is 16.8. The topological polar surface area (TPSA) is 99.0 Å². The van der Waals surface area contributed by atoms with E-state index in [0.717, 1.165) is 0 Å². The predicted octanol–water partition coefficient (Wildman–Crippen LogP) is -1.69. The molecular formula is C5H11BNO5P. The minimum atomic E-state index is -4.46. The van der Waals surface area contributed by atoms with E-state index in [-0.39, 0.29) is 12.5 Å². The van der Waals surface area contributed by atoms with Gasteiger partial charge in [-0.3, -0.25) is 4.52 Å². The van der Waals surface area contributed by atoms with Crippen LogP contribution in [0.3, 0.4) is 0 Å². The van der Waals surface area contributed by atoms with Crippen LogP contribution in [0.5, 0.6) is 0 Å². The van der Waals surface area contributed by atoms with Crippen LogP contribution in [0.1, 0.15) is 6.42 Å². The molecule has 4 N–H and O–H groups in total. The van der Waals surface area contributed by atoms with Gasteiger partial charge in [0.25, 0.3) is 0 Å². The van der Waals surface area contributed by atoms with Crippen molar-refractivity contribution in [3.8, 4) is 0 Å².